The highest BCUT2D eigenvalue weighted by atomic mass is 35.5. The maximum absolute atomic E-state index is 11.3. The van der Waals surface area contributed by atoms with Crippen molar-refractivity contribution in [3.8, 4) is 0 Å². The predicted molar refractivity (Wildman–Crippen MR) is 59.1 cm³/mol. The molecule has 0 aliphatic rings. The van der Waals surface area contributed by atoms with E-state index in [9.17, 15) is 4.79 Å². The Morgan fingerprint density at radius 1 is 1.53 bits per heavy atom. The van der Waals surface area contributed by atoms with Gasteiger partial charge in [-0.15, -0.1) is 12.4 Å². The maximum Gasteiger partial charge on any atom is 0.340 e. The zero-order valence-electron chi connectivity index (χ0n) is 7.98. The van der Waals surface area contributed by atoms with Gasteiger partial charge in [-0.25, -0.2) is 9.78 Å². The summed E-state index contributed by atoms with van der Waals surface area (Å²) in [5, 5.41) is 0. The fourth-order valence-corrected chi connectivity index (χ4v) is 1.28. The number of esters is 1. The lowest BCUT2D eigenvalue weighted by Crippen LogP contribution is -2.05. The standard InChI is InChI=1S/C9H9N3O2.ClH/c1-14-9(13)5-2-7-8(3-6(5)10)12-4-11-7;/h2-4H,10H2,1H3,(H,11,12);1H. The Bertz CT molecular complexity index is 495. The topological polar surface area (TPSA) is 81.0 Å². The summed E-state index contributed by atoms with van der Waals surface area (Å²) in [5.41, 5.74) is 7.89. The van der Waals surface area contributed by atoms with E-state index in [0.29, 0.717) is 11.3 Å². The molecule has 0 bridgehead atoms. The lowest BCUT2D eigenvalue weighted by atomic mass is 10.1. The van der Waals surface area contributed by atoms with Crippen molar-refractivity contribution in [1.82, 2.24) is 9.97 Å². The summed E-state index contributed by atoms with van der Waals surface area (Å²) in [7, 11) is 1.32. The van der Waals surface area contributed by atoms with Gasteiger partial charge >= 0.3 is 5.97 Å². The number of H-pyrrole nitrogens is 1. The molecule has 2 rings (SSSR count). The third-order valence-corrected chi connectivity index (χ3v) is 2.00. The van der Waals surface area contributed by atoms with E-state index < -0.39 is 5.97 Å². The number of carbonyl (C=O) groups excluding carboxylic acids is 1. The number of nitrogens with zero attached hydrogens (tertiary/aromatic N) is 1. The Morgan fingerprint density at radius 3 is 2.93 bits per heavy atom. The third kappa shape index (κ3) is 1.87. The van der Waals surface area contributed by atoms with Crippen LogP contribution < -0.4 is 5.73 Å². The number of nitrogens with one attached hydrogen (secondary N) is 1. The average Bonchev–Trinajstić information content (AvgIpc) is 2.62. The summed E-state index contributed by atoms with van der Waals surface area (Å²) < 4.78 is 4.59. The second kappa shape index (κ2) is 4.18. The molecular formula is C9H10ClN3O2. The molecule has 80 valence electrons. The van der Waals surface area contributed by atoms with E-state index in [1.54, 1.807) is 18.5 Å². The summed E-state index contributed by atoms with van der Waals surface area (Å²) >= 11 is 0. The van der Waals surface area contributed by atoms with Crippen LogP contribution in [0.5, 0.6) is 0 Å². The van der Waals surface area contributed by atoms with E-state index in [-0.39, 0.29) is 12.4 Å². The minimum absolute atomic E-state index is 0. The van der Waals surface area contributed by atoms with E-state index in [2.05, 4.69) is 14.7 Å². The van der Waals surface area contributed by atoms with Gasteiger partial charge in [0.25, 0.3) is 0 Å². The van der Waals surface area contributed by atoms with Gasteiger partial charge in [-0.05, 0) is 12.1 Å². The van der Waals surface area contributed by atoms with Crippen LogP contribution in [-0.2, 0) is 4.74 Å². The van der Waals surface area contributed by atoms with E-state index in [0.717, 1.165) is 11.0 Å². The van der Waals surface area contributed by atoms with Crippen LogP contribution in [0.2, 0.25) is 0 Å². The van der Waals surface area contributed by atoms with Crippen molar-refractivity contribution in [2.75, 3.05) is 12.8 Å². The molecule has 15 heavy (non-hydrogen) atoms. The van der Waals surface area contributed by atoms with Gasteiger partial charge < -0.3 is 15.5 Å². The van der Waals surface area contributed by atoms with Crippen LogP contribution in [0.25, 0.3) is 11.0 Å². The van der Waals surface area contributed by atoms with Crippen molar-refractivity contribution in [3.05, 3.63) is 24.0 Å². The number of rotatable bonds is 1. The van der Waals surface area contributed by atoms with Crippen molar-refractivity contribution >= 4 is 35.1 Å². The van der Waals surface area contributed by atoms with Crippen LogP contribution >= 0.6 is 12.4 Å². The Balaban J connectivity index is 0.00000112. The number of methoxy groups -OCH3 is 1. The molecule has 0 saturated carbocycles. The first-order valence-electron chi connectivity index (χ1n) is 4.03. The largest absolute Gasteiger partial charge is 0.465 e. The molecule has 2 aromatic rings. The molecule has 0 atom stereocenters. The summed E-state index contributed by atoms with van der Waals surface area (Å²) in [4.78, 5) is 18.2. The Labute approximate surface area is 92.0 Å². The number of nitrogens with two attached hydrogens (primary N) is 1. The number of benzene rings is 1. The van der Waals surface area contributed by atoms with Crippen molar-refractivity contribution in [2.24, 2.45) is 0 Å². The maximum atomic E-state index is 11.3. The van der Waals surface area contributed by atoms with Crippen LogP contribution in [0.4, 0.5) is 5.69 Å². The minimum atomic E-state index is -0.445. The van der Waals surface area contributed by atoms with Gasteiger partial charge in [-0.2, -0.15) is 0 Å². The number of imidazole rings is 1. The number of carbonyl (C=O) groups is 1. The van der Waals surface area contributed by atoms with Gasteiger partial charge in [0.05, 0.1) is 30.0 Å². The lowest BCUT2D eigenvalue weighted by Gasteiger charge is -2.02. The molecule has 0 saturated heterocycles. The van der Waals surface area contributed by atoms with E-state index in [1.807, 2.05) is 0 Å². The Morgan fingerprint density at radius 2 is 2.27 bits per heavy atom. The normalized spacial score (nSPS) is 9.67. The predicted octanol–water partition coefficient (Wildman–Crippen LogP) is 1.35. The van der Waals surface area contributed by atoms with Crippen LogP contribution in [0.15, 0.2) is 18.5 Å². The SMILES string of the molecule is COC(=O)c1cc2[nH]cnc2cc1N.Cl. The number of aromatic amines is 1. The number of aromatic nitrogens is 2. The van der Waals surface area contributed by atoms with Gasteiger partial charge in [0.2, 0.25) is 0 Å². The van der Waals surface area contributed by atoms with Gasteiger partial charge in [0.15, 0.2) is 0 Å². The second-order valence-electron chi connectivity index (χ2n) is 2.85. The molecule has 1 aromatic heterocycles. The number of hydrogen-bond acceptors (Lipinski definition) is 4. The zero-order chi connectivity index (χ0) is 10.1. The van der Waals surface area contributed by atoms with Crippen molar-refractivity contribution in [3.63, 3.8) is 0 Å². The monoisotopic (exact) mass is 227 g/mol. The molecule has 5 nitrogen and oxygen atoms in total. The molecule has 1 aromatic carbocycles. The van der Waals surface area contributed by atoms with E-state index in [4.69, 9.17) is 5.73 Å². The van der Waals surface area contributed by atoms with E-state index in [1.165, 1.54) is 7.11 Å². The smallest absolute Gasteiger partial charge is 0.340 e. The fourth-order valence-electron chi connectivity index (χ4n) is 1.28. The molecule has 0 amide bonds. The first kappa shape index (κ1) is 11.3. The highest BCUT2D eigenvalue weighted by molar-refractivity contribution is 5.99. The first-order chi connectivity index (χ1) is 6.72. The van der Waals surface area contributed by atoms with Crippen LogP contribution in [0, 0.1) is 0 Å². The van der Waals surface area contributed by atoms with Gasteiger partial charge in [-0.3, -0.25) is 0 Å². The van der Waals surface area contributed by atoms with Crippen molar-refractivity contribution < 1.29 is 9.53 Å². The van der Waals surface area contributed by atoms with Gasteiger partial charge in [0, 0.05) is 5.69 Å². The zero-order valence-corrected chi connectivity index (χ0v) is 8.80. The number of nitrogen functional groups attached to an aromatic ring is 1. The molecule has 0 unspecified atom stereocenters. The summed E-state index contributed by atoms with van der Waals surface area (Å²) in [5.74, 6) is -0.445. The number of hydrogen-bond donors (Lipinski definition) is 2. The number of halogens is 1. The summed E-state index contributed by atoms with van der Waals surface area (Å²) in [6, 6.07) is 3.27. The van der Waals surface area contributed by atoms with Crippen molar-refractivity contribution in [1.29, 1.82) is 0 Å². The quantitative estimate of drug-likeness (QED) is 0.569. The summed E-state index contributed by atoms with van der Waals surface area (Å²) in [6.45, 7) is 0. The molecule has 0 aliphatic heterocycles. The Hall–Kier alpha value is -1.75. The number of anilines is 1. The molecule has 0 fully saturated rings. The first-order valence-corrected chi connectivity index (χ1v) is 4.03. The molecular weight excluding hydrogens is 218 g/mol. The molecule has 6 heteroatoms. The summed E-state index contributed by atoms with van der Waals surface area (Å²) in [6.07, 6.45) is 1.55. The van der Waals surface area contributed by atoms with Gasteiger partial charge in [-0.1, -0.05) is 0 Å². The molecule has 3 N–H and O–H groups in total. The Kier molecular flexibility index (Phi) is 3.16. The number of fused-ring (bicyclic) bond motifs is 1. The molecule has 1 heterocycles. The highest BCUT2D eigenvalue weighted by Crippen LogP contribution is 2.19. The fraction of sp³-hybridized carbons (Fsp3) is 0.111. The minimum Gasteiger partial charge on any atom is -0.465 e. The number of ether oxygens (including phenoxy) is 1. The molecule has 0 radical (unpaired) electrons. The van der Waals surface area contributed by atoms with E-state index >= 15 is 0 Å². The molecule has 0 spiro atoms. The molecule has 0 aliphatic carbocycles. The second-order valence-corrected chi connectivity index (χ2v) is 2.85. The van der Waals surface area contributed by atoms with Gasteiger partial charge in [0.1, 0.15) is 0 Å². The highest BCUT2D eigenvalue weighted by Gasteiger charge is 2.11. The third-order valence-electron chi connectivity index (χ3n) is 2.00. The van der Waals surface area contributed by atoms with Crippen molar-refractivity contribution in [2.45, 2.75) is 0 Å². The van der Waals surface area contributed by atoms with Crippen LogP contribution in [0.3, 0.4) is 0 Å². The average molecular weight is 228 g/mol. The van der Waals surface area contributed by atoms with Crippen LogP contribution in [-0.4, -0.2) is 23.0 Å². The lowest BCUT2D eigenvalue weighted by molar-refractivity contribution is 0.0602. The van der Waals surface area contributed by atoms with Crippen LogP contribution in [0.1, 0.15) is 10.4 Å².